The van der Waals surface area contributed by atoms with Gasteiger partial charge in [-0.25, -0.2) is 0 Å². The van der Waals surface area contributed by atoms with E-state index in [-0.39, 0.29) is 23.4 Å². The average molecular weight is 440 g/mol. The molecule has 4 rings (SSSR count). The van der Waals surface area contributed by atoms with Gasteiger partial charge < -0.3 is 25.9 Å². The summed E-state index contributed by atoms with van der Waals surface area (Å²) in [6.45, 7) is 3.66. The maximum atomic E-state index is 12.9. The smallest absolute Gasteiger partial charge is 0.325 e. The van der Waals surface area contributed by atoms with E-state index in [4.69, 9.17) is 10.1 Å². The molecule has 0 aliphatic heterocycles. The molecule has 8 nitrogen and oxygen atoms in total. The summed E-state index contributed by atoms with van der Waals surface area (Å²) in [5.74, 6) is 0.455. The fraction of sp³-hybridized carbons (Fsp3) is 0.458. The standard InChI is InChI=1S/C24H30N4O4/c1-24(2,30)16-10-17(11-16)26-13-15-9-19(22(32-3)12-18(15)25)27-23(29)21-6-4-5-20(28(21)31)14-7-8-14/h4-6,9,12-14,16-17,25,29-31H,7-8,10-11H2,1-3H3/p+1/t16-,17+. The van der Waals surface area contributed by atoms with Gasteiger partial charge in [0.2, 0.25) is 5.69 Å². The Morgan fingerprint density at radius 1 is 1.28 bits per heavy atom. The summed E-state index contributed by atoms with van der Waals surface area (Å²) in [5.41, 5.74) is 1.48. The lowest BCUT2D eigenvalue weighted by Gasteiger charge is -2.42. The van der Waals surface area contributed by atoms with Gasteiger partial charge in [0.25, 0.3) is 0 Å². The number of pyridine rings is 1. The molecule has 0 radical (unpaired) electrons. The lowest BCUT2D eigenvalue weighted by molar-refractivity contribution is -0.910. The van der Waals surface area contributed by atoms with Crippen LogP contribution in [0.15, 0.2) is 53.6 Å². The number of ether oxygens (including phenoxy) is 1. The minimum Gasteiger partial charge on any atom is -0.494 e. The molecule has 1 aromatic rings. The van der Waals surface area contributed by atoms with Crippen molar-refractivity contribution in [2.45, 2.75) is 57.1 Å². The third-order valence-corrected chi connectivity index (χ3v) is 6.45. The maximum Gasteiger partial charge on any atom is 0.325 e. The zero-order valence-corrected chi connectivity index (χ0v) is 18.7. The van der Waals surface area contributed by atoms with Gasteiger partial charge >= 0.3 is 11.6 Å². The predicted molar refractivity (Wildman–Crippen MR) is 118 cm³/mol. The highest BCUT2D eigenvalue weighted by atomic mass is 16.5. The lowest BCUT2D eigenvalue weighted by Crippen LogP contribution is -2.48. The molecule has 0 atom stereocenters. The van der Waals surface area contributed by atoms with Crippen LogP contribution in [-0.2, 0) is 4.74 Å². The van der Waals surface area contributed by atoms with Gasteiger partial charge in [-0.15, -0.1) is 0 Å². The number of carbonyl (C=O) groups is 1. The van der Waals surface area contributed by atoms with Crippen LogP contribution in [0.25, 0.3) is 0 Å². The van der Waals surface area contributed by atoms with E-state index in [1.807, 2.05) is 19.9 Å². The number of hydrogen-bond donors (Lipinski definition) is 5. The second-order valence-corrected chi connectivity index (χ2v) is 9.35. The SMILES string of the molecule is COC1=CC(=N)/C(=C\N[C@H]2C[C@@H](C(C)(C)O)C2)C=C1NC(=O)c1cccc(C2CC2)[n+]1O. The molecule has 0 spiro atoms. The van der Waals surface area contributed by atoms with Crippen LogP contribution in [0.1, 0.15) is 61.6 Å². The van der Waals surface area contributed by atoms with Crippen molar-refractivity contribution in [1.29, 1.82) is 5.41 Å². The number of aliphatic hydroxyl groups is 1. The first-order chi connectivity index (χ1) is 15.2. The zero-order valence-electron chi connectivity index (χ0n) is 18.7. The summed E-state index contributed by atoms with van der Waals surface area (Å²) in [7, 11) is 1.48. The van der Waals surface area contributed by atoms with Crippen LogP contribution >= 0.6 is 0 Å². The van der Waals surface area contributed by atoms with Crippen LogP contribution in [-0.4, -0.2) is 40.7 Å². The van der Waals surface area contributed by atoms with Crippen molar-refractivity contribution in [3.05, 3.63) is 65.0 Å². The van der Waals surface area contributed by atoms with Gasteiger partial charge in [-0.3, -0.25) is 10.0 Å². The Hall–Kier alpha value is -3.13. The Bertz CT molecular complexity index is 1020. The fourth-order valence-corrected chi connectivity index (χ4v) is 4.09. The van der Waals surface area contributed by atoms with Crippen molar-refractivity contribution in [1.82, 2.24) is 10.6 Å². The number of aromatic nitrogens is 1. The molecule has 32 heavy (non-hydrogen) atoms. The third kappa shape index (κ3) is 4.55. The Kier molecular flexibility index (Phi) is 5.81. The van der Waals surface area contributed by atoms with Crippen molar-refractivity contribution >= 4 is 11.6 Å². The zero-order chi connectivity index (χ0) is 23.0. The summed E-state index contributed by atoms with van der Waals surface area (Å²) in [6.07, 6.45) is 8.74. The maximum absolute atomic E-state index is 12.9. The molecular formula is C24H31N4O4+. The van der Waals surface area contributed by atoms with Gasteiger partial charge in [0, 0.05) is 46.7 Å². The van der Waals surface area contributed by atoms with Gasteiger partial charge in [-0.1, -0.05) is 0 Å². The summed E-state index contributed by atoms with van der Waals surface area (Å²) in [5, 5.41) is 35.0. The van der Waals surface area contributed by atoms with Gasteiger partial charge in [-0.2, -0.15) is 0 Å². The van der Waals surface area contributed by atoms with Crippen molar-refractivity contribution in [3.63, 3.8) is 0 Å². The number of methoxy groups -OCH3 is 1. The molecule has 3 aliphatic carbocycles. The van der Waals surface area contributed by atoms with Crippen molar-refractivity contribution in [2.24, 2.45) is 5.92 Å². The van der Waals surface area contributed by atoms with Crippen LogP contribution in [0, 0.1) is 11.3 Å². The van der Waals surface area contributed by atoms with Crippen LogP contribution in [0.5, 0.6) is 0 Å². The molecule has 0 bridgehead atoms. The number of rotatable bonds is 7. The minimum absolute atomic E-state index is 0.141. The largest absolute Gasteiger partial charge is 0.494 e. The first-order valence-corrected chi connectivity index (χ1v) is 11.0. The van der Waals surface area contributed by atoms with Gasteiger partial charge in [-0.05, 0) is 57.6 Å². The molecule has 0 unspecified atom stereocenters. The molecule has 1 aromatic heterocycles. The van der Waals surface area contributed by atoms with Crippen molar-refractivity contribution in [2.75, 3.05) is 7.11 Å². The molecule has 1 amide bonds. The highest BCUT2D eigenvalue weighted by Crippen LogP contribution is 2.38. The monoisotopic (exact) mass is 439 g/mol. The molecule has 2 fully saturated rings. The predicted octanol–water partition coefficient (Wildman–Crippen LogP) is 2.29. The van der Waals surface area contributed by atoms with Crippen LogP contribution in [0.4, 0.5) is 0 Å². The number of allylic oxidation sites excluding steroid dienone is 3. The van der Waals surface area contributed by atoms with E-state index >= 15 is 0 Å². The molecule has 1 heterocycles. The summed E-state index contributed by atoms with van der Waals surface area (Å²) >= 11 is 0. The van der Waals surface area contributed by atoms with Crippen LogP contribution in [0.2, 0.25) is 0 Å². The normalized spacial score (nSPS) is 24.4. The summed E-state index contributed by atoms with van der Waals surface area (Å²) in [4.78, 5) is 12.9. The molecule has 170 valence electrons. The molecule has 2 saturated carbocycles. The van der Waals surface area contributed by atoms with E-state index < -0.39 is 11.5 Å². The van der Waals surface area contributed by atoms with Crippen molar-refractivity contribution < 1.29 is 24.6 Å². The van der Waals surface area contributed by atoms with E-state index in [0.29, 0.717) is 22.9 Å². The second-order valence-electron chi connectivity index (χ2n) is 9.35. The molecule has 0 saturated heterocycles. The average Bonchev–Trinajstić information content (AvgIpc) is 3.52. The second kappa shape index (κ2) is 8.43. The van der Waals surface area contributed by atoms with Gasteiger partial charge in [0.1, 0.15) is 5.76 Å². The van der Waals surface area contributed by atoms with E-state index in [0.717, 1.165) is 36.1 Å². The number of hydrogen-bond acceptors (Lipinski definition) is 6. The number of nitrogens with one attached hydrogen (secondary N) is 3. The van der Waals surface area contributed by atoms with Crippen LogP contribution < -0.4 is 15.4 Å². The highest BCUT2D eigenvalue weighted by molar-refractivity contribution is 6.10. The summed E-state index contributed by atoms with van der Waals surface area (Å²) < 4.78 is 6.32. The lowest BCUT2D eigenvalue weighted by atomic mass is 9.71. The summed E-state index contributed by atoms with van der Waals surface area (Å²) in [6, 6.07) is 5.40. The first kappa shape index (κ1) is 22.1. The van der Waals surface area contributed by atoms with Gasteiger partial charge in [0.15, 0.2) is 0 Å². The quantitative estimate of drug-likeness (QED) is 0.330. The molecule has 0 aromatic carbocycles. The number of carbonyl (C=O) groups excluding carboxylic acids is 1. The Balaban J connectivity index is 1.48. The first-order valence-electron chi connectivity index (χ1n) is 11.0. The topological polar surface area (TPSA) is 119 Å². The minimum atomic E-state index is -0.684. The molecule has 5 N–H and O–H groups in total. The number of amides is 1. The number of nitrogens with zero attached hydrogens (tertiary/aromatic N) is 1. The van der Waals surface area contributed by atoms with E-state index in [2.05, 4.69) is 10.6 Å². The molecule has 3 aliphatic rings. The van der Waals surface area contributed by atoms with E-state index in [9.17, 15) is 15.1 Å². The van der Waals surface area contributed by atoms with Crippen molar-refractivity contribution in [3.8, 4) is 0 Å². The molecular weight excluding hydrogens is 408 g/mol. The molecule has 8 heteroatoms. The third-order valence-electron chi connectivity index (χ3n) is 6.45. The highest BCUT2D eigenvalue weighted by Gasteiger charge is 2.38. The van der Waals surface area contributed by atoms with Crippen LogP contribution in [0.3, 0.4) is 0 Å². The Morgan fingerprint density at radius 2 is 2.00 bits per heavy atom. The van der Waals surface area contributed by atoms with E-state index in [1.54, 1.807) is 30.5 Å². The van der Waals surface area contributed by atoms with Gasteiger partial charge in [0.05, 0.1) is 24.1 Å². The fourth-order valence-electron chi connectivity index (χ4n) is 4.09. The van der Waals surface area contributed by atoms with E-state index in [1.165, 1.54) is 7.11 Å². The Morgan fingerprint density at radius 3 is 2.62 bits per heavy atom. The Labute approximate surface area is 187 Å².